The van der Waals surface area contributed by atoms with Gasteiger partial charge in [-0.25, -0.2) is 0 Å². The van der Waals surface area contributed by atoms with Gasteiger partial charge in [-0.15, -0.1) is 0 Å². The number of halogens is 1. The molecule has 114 valence electrons. The van der Waals surface area contributed by atoms with Crippen LogP contribution in [0.1, 0.15) is 15.9 Å². The van der Waals surface area contributed by atoms with Crippen LogP contribution in [0.5, 0.6) is 11.5 Å². The minimum Gasteiger partial charge on any atom is -0.493 e. The van der Waals surface area contributed by atoms with E-state index in [9.17, 15) is 4.79 Å². The molecule has 0 saturated carbocycles. The summed E-state index contributed by atoms with van der Waals surface area (Å²) in [6.07, 6.45) is 0.869. The third-order valence-electron chi connectivity index (χ3n) is 3.81. The number of fused-ring (bicyclic) bond motifs is 1. The topological polar surface area (TPSA) is 38.8 Å². The summed E-state index contributed by atoms with van der Waals surface area (Å²) in [7, 11) is 3.14. The normalized spacial score (nSPS) is 13.0. The quantitative estimate of drug-likeness (QED) is 0.836. The fourth-order valence-corrected chi connectivity index (χ4v) is 3.11. The number of amides is 1. The Balaban J connectivity index is 1.93. The number of hydrogen-bond donors (Lipinski definition) is 0. The lowest BCUT2D eigenvalue weighted by Crippen LogP contribution is -2.28. The lowest BCUT2D eigenvalue weighted by Gasteiger charge is -2.18. The van der Waals surface area contributed by atoms with E-state index < -0.39 is 0 Å². The number of benzene rings is 2. The van der Waals surface area contributed by atoms with Crippen LogP contribution in [0.15, 0.2) is 40.9 Å². The number of carbonyl (C=O) groups is 1. The van der Waals surface area contributed by atoms with Gasteiger partial charge in [0.2, 0.25) is 0 Å². The summed E-state index contributed by atoms with van der Waals surface area (Å²) >= 11 is 3.47. The van der Waals surface area contributed by atoms with E-state index in [1.165, 1.54) is 5.56 Å². The van der Waals surface area contributed by atoms with Gasteiger partial charge in [0.15, 0.2) is 11.5 Å². The Hall–Kier alpha value is -2.01. The molecule has 0 bridgehead atoms. The van der Waals surface area contributed by atoms with Crippen molar-refractivity contribution in [1.82, 2.24) is 0 Å². The first-order chi connectivity index (χ1) is 10.6. The van der Waals surface area contributed by atoms with Gasteiger partial charge in [0.1, 0.15) is 0 Å². The Labute approximate surface area is 137 Å². The Morgan fingerprint density at radius 1 is 1.09 bits per heavy atom. The highest BCUT2D eigenvalue weighted by Gasteiger charge is 2.26. The van der Waals surface area contributed by atoms with Crippen LogP contribution in [0.2, 0.25) is 0 Å². The Kier molecular flexibility index (Phi) is 4.07. The molecule has 0 radical (unpaired) electrons. The summed E-state index contributed by atoms with van der Waals surface area (Å²) in [4.78, 5) is 14.6. The second kappa shape index (κ2) is 6.01. The van der Waals surface area contributed by atoms with E-state index in [2.05, 4.69) is 22.0 Å². The molecule has 0 aromatic heterocycles. The summed E-state index contributed by atoms with van der Waals surface area (Å²) < 4.78 is 11.5. The van der Waals surface area contributed by atoms with Gasteiger partial charge >= 0.3 is 0 Å². The van der Waals surface area contributed by atoms with E-state index in [0.717, 1.165) is 16.6 Å². The van der Waals surface area contributed by atoms with E-state index >= 15 is 0 Å². The smallest absolute Gasteiger partial charge is 0.258 e. The first-order valence-electron chi connectivity index (χ1n) is 6.96. The molecule has 0 unspecified atom stereocenters. The van der Waals surface area contributed by atoms with Crippen LogP contribution in [0.4, 0.5) is 5.69 Å². The van der Waals surface area contributed by atoms with Crippen LogP contribution < -0.4 is 14.4 Å². The zero-order valence-corrected chi connectivity index (χ0v) is 14.0. The molecular weight excluding hydrogens is 346 g/mol. The lowest BCUT2D eigenvalue weighted by atomic mass is 10.1. The molecular formula is C17H16BrNO3. The van der Waals surface area contributed by atoms with Gasteiger partial charge in [-0.3, -0.25) is 4.79 Å². The van der Waals surface area contributed by atoms with Gasteiger partial charge in [-0.2, -0.15) is 0 Å². The van der Waals surface area contributed by atoms with E-state index in [0.29, 0.717) is 23.6 Å². The molecule has 1 aliphatic rings. The van der Waals surface area contributed by atoms with Crippen molar-refractivity contribution in [2.24, 2.45) is 0 Å². The average molecular weight is 362 g/mol. The zero-order chi connectivity index (χ0) is 15.7. The molecule has 1 heterocycles. The monoisotopic (exact) mass is 361 g/mol. The summed E-state index contributed by atoms with van der Waals surface area (Å²) in [6.45, 7) is 0.693. The van der Waals surface area contributed by atoms with Crippen LogP contribution in [0.25, 0.3) is 0 Å². The number of methoxy groups -OCH3 is 2. The largest absolute Gasteiger partial charge is 0.493 e. The maximum Gasteiger partial charge on any atom is 0.258 e. The van der Waals surface area contributed by atoms with E-state index in [1.54, 1.807) is 32.4 Å². The van der Waals surface area contributed by atoms with Crippen LogP contribution >= 0.6 is 15.9 Å². The van der Waals surface area contributed by atoms with Crippen molar-refractivity contribution in [3.63, 3.8) is 0 Å². The Morgan fingerprint density at radius 3 is 2.59 bits per heavy atom. The zero-order valence-electron chi connectivity index (χ0n) is 12.4. The molecule has 22 heavy (non-hydrogen) atoms. The molecule has 0 atom stereocenters. The highest BCUT2D eigenvalue weighted by Crippen LogP contribution is 2.33. The van der Waals surface area contributed by atoms with Crippen molar-refractivity contribution in [2.75, 3.05) is 25.7 Å². The maximum absolute atomic E-state index is 12.8. The number of rotatable bonds is 3. The van der Waals surface area contributed by atoms with Crippen LogP contribution in [0, 0.1) is 0 Å². The predicted octanol–water partition coefficient (Wildman–Crippen LogP) is 3.67. The lowest BCUT2D eigenvalue weighted by molar-refractivity contribution is 0.0989. The summed E-state index contributed by atoms with van der Waals surface area (Å²) in [5, 5.41) is 0. The number of carbonyl (C=O) groups excluding carboxylic acids is 1. The van der Waals surface area contributed by atoms with Gasteiger partial charge < -0.3 is 14.4 Å². The van der Waals surface area contributed by atoms with Crippen LogP contribution in [-0.4, -0.2) is 26.7 Å². The van der Waals surface area contributed by atoms with Crippen LogP contribution in [-0.2, 0) is 6.42 Å². The minimum absolute atomic E-state index is 0.0259. The number of hydrogen-bond acceptors (Lipinski definition) is 3. The number of anilines is 1. The van der Waals surface area contributed by atoms with Crippen molar-refractivity contribution in [3.05, 3.63) is 52.0 Å². The summed E-state index contributed by atoms with van der Waals surface area (Å²) in [6, 6.07) is 11.2. The summed E-state index contributed by atoms with van der Waals surface area (Å²) in [5.74, 6) is 1.15. The highest BCUT2D eigenvalue weighted by atomic mass is 79.9. The fraction of sp³-hybridized carbons (Fsp3) is 0.235. The maximum atomic E-state index is 12.8. The molecule has 2 aromatic carbocycles. The minimum atomic E-state index is -0.0259. The van der Waals surface area contributed by atoms with Gasteiger partial charge in [0, 0.05) is 22.3 Å². The molecule has 0 aliphatic carbocycles. The second-order valence-electron chi connectivity index (χ2n) is 5.05. The SMILES string of the molecule is COc1ccc(C(=O)N2CCc3cc(Br)ccc32)cc1OC. The van der Waals surface area contributed by atoms with Gasteiger partial charge in [0.25, 0.3) is 5.91 Å². The summed E-state index contributed by atoms with van der Waals surface area (Å²) in [5.41, 5.74) is 2.75. The second-order valence-corrected chi connectivity index (χ2v) is 5.97. The first-order valence-corrected chi connectivity index (χ1v) is 7.75. The Bertz CT molecular complexity index is 730. The third kappa shape index (κ3) is 2.57. The van der Waals surface area contributed by atoms with Gasteiger partial charge in [0.05, 0.1) is 14.2 Å². The van der Waals surface area contributed by atoms with Crippen molar-refractivity contribution >= 4 is 27.5 Å². The Morgan fingerprint density at radius 2 is 1.86 bits per heavy atom. The molecule has 0 N–H and O–H groups in total. The molecule has 4 nitrogen and oxygen atoms in total. The van der Waals surface area contributed by atoms with Crippen LogP contribution in [0.3, 0.4) is 0 Å². The number of ether oxygens (including phenoxy) is 2. The van der Waals surface area contributed by atoms with E-state index in [4.69, 9.17) is 9.47 Å². The van der Waals surface area contributed by atoms with Crippen molar-refractivity contribution < 1.29 is 14.3 Å². The molecule has 5 heteroatoms. The molecule has 2 aromatic rings. The molecule has 0 fully saturated rings. The molecule has 0 spiro atoms. The number of nitrogens with zero attached hydrogens (tertiary/aromatic N) is 1. The van der Waals surface area contributed by atoms with Crippen molar-refractivity contribution in [2.45, 2.75) is 6.42 Å². The van der Waals surface area contributed by atoms with E-state index in [-0.39, 0.29) is 5.91 Å². The third-order valence-corrected chi connectivity index (χ3v) is 4.31. The van der Waals surface area contributed by atoms with Crippen molar-refractivity contribution in [1.29, 1.82) is 0 Å². The molecule has 1 amide bonds. The molecule has 3 rings (SSSR count). The van der Waals surface area contributed by atoms with Gasteiger partial charge in [-0.05, 0) is 48.4 Å². The standard InChI is InChI=1S/C17H16BrNO3/c1-21-15-6-3-12(10-16(15)22-2)17(20)19-8-7-11-9-13(18)4-5-14(11)19/h3-6,9-10H,7-8H2,1-2H3. The fourth-order valence-electron chi connectivity index (χ4n) is 2.71. The molecule has 1 aliphatic heterocycles. The highest BCUT2D eigenvalue weighted by molar-refractivity contribution is 9.10. The first kappa shape index (κ1) is 14.9. The van der Waals surface area contributed by atoms with E-state index in [1.807, 2.05) is 17.0 Å². The molecule has 0 saturated heterocycles. The average Bonchev–Trinajstić information content (AvgIpc) is 2.96. The van der Waals surface area contributed by atoms with Crippen molar-refractivity contribution in [3.8, 4) is 11.5 Å². The predicted molar refractivity (Wildman–Crippen MR) is 89.1 cm³/mol. The van der Waals surface area contributed by atoms with Gasteiger partial charge in [-0.1, -0.05) is 15.9 Å².